The molecule has 0 spiro atoms. The number of aromatic hydroxyl groups is 1. The molecule has 0 unspecified atom stereocenters. The molecule has 2 N–H and O–H groups in total. The van der Waals surface area contributed by atoms with Crippen molar-refractivity contribution >= 4 is 37.1 Å². The molecule has 0 saturated carbocycles. The quantitative estimate of drug-likeness (QED) is 0.588. The van der Waals surface area contributed by atoms with Gasteiger partial charge in [0.1, 0.15) is 10.6 Å². The number of rotatable bonds is 5. The Hall–Kier alpha value is -2.55. The van der Waals surface area contributed by atoms with E-state index >= 15 is 0 Å². The Bertz CT molecular complexity index is 1220. The van der Waals surface area contributed by atoms with Crippen LogP contribution in [0.5, 0.6) is 5.75 Å². The first-order valence-electron chi connectivity index (χ1n) is 8.03. The predicted octanol–water partition coefficient (Wildman–Crippen LogP) is 3.99. The van der Waals surface area contributed by atoms with Crippen LogP contribution in [0.3, 0.4) is 0 Å². The van der Waals surface area contributed by atoms with Gasteiger partial charge < -0.3 is 5.11 Å². The van der Waals surface area contributed by atoms with E-state index in [-0.39, 0.29) is 15.5 Å². The standard InChI is InChI=1S/C19H16ClNO5S2/c1-13-2-7-16(8-3-13)27(23,24)19-12-15(6-11-18(19)22)21-28(25,26)17-9-4-14(20)5-10-17/h2-12,21-22H,1H3. The summed E-state index contributed by atoms with van der Waals surface area (Å²) in [6.07, 6.45) is 0. The SMILES string of the molecule is Cc1ccc(S(=O)(=O)c2cc(NS(=O)(=O)c3ccc(Cl)cc3)ccc2O)cc1. The van der Waals surface area contributed by atoms with Crippen molar-refractivity contribution in [3.05, 3.63) is 77.3 Å². The molecule has 9 heteroatoms. The Kier molecular flexibility index (Phi) is 5.38. The molecule has 0 aromatic heterocycles. The second-order valence-corrected chi connectivity index (χ2v) is 10.1. The van der Waals surface area contributed by atoms with Gasteiger partial charge in [-0.1, -0.05) is 29.3 Å². The number of benzene rings is 3. The highest BCUT2D eigenvalue weighted by Crippen LogP contribution is 2.32. The lowest BCUT2D eigenvalue weighted by molar-refractivity contribution is 0.459. The summed E-state index contributed by atoms with van der Waals surface area (Å²) in [6.45, 7) is 1.82. The van der Waals surface area contributed by atoms with Gasteiger partial charge in [0, 0.05) is 5.02 Å². The average Bonchev–Trinajstić information content (AvgIpc) is 2.64. The number of phenols is 1. The summed E-state index contributed by atoms with van der Waals surface area (Å²) < 4.78 is 53.0. The highest BCUT2D eigenvalue weighted by atomic mass is 35.5. The molecule has 146 valence electrons. The molecule has 6 nitrogen and oxygen atoms in total. The van der Waals surface area contributed by atoms with Crippen molar-refractivity contribution in [1.29, 1.82) is 0 Å². The van der Waals surface area contributed by atoms with Crippen molar-refractivity contribution in [1.82, 2.24) is 0 Å². The van der Waals surface area contributed by atoms with E-state index in [4.69, 9.17) is 11.6 Å². The lowest BCUT2D eigenvalue weighted by atomic mass is 10.2. The molecule has 0 radical (unpaired) electrons. The maximum Gasteiger partial charge on any atom is 0.261 e. The Morgan fingerprint density at radius 3 is 2.00 bits per heavy atom. The van der Waals surface area contributed by atoms with E-state index < -0.39 is 30.5 Å². The summed E-state index contributed by atoms with van der Waals surface area (Å²) in [5.41, 5.74) is 0.881. The molecule has 0 heterocycles. The van der Waals surface area contributed by atoms with Crippen LogP contribution in [0, 0.1) is 6.92 Å². The first kappa shape index (κ1) is 20.2. The number of hydrogen-bond acceptors (Lipinski definition) is 5. The number of hydrogen-bond donors (Lipinski definition) is 2. The second kappa shape index (κ2) is 7.46. The Morgan fingerprint density at radius 1 is 0.821 bits per heavy atom. The monoisotopic (exact) mass is 437 g/mol. The fourth-order valence-electron chi connectivity index (χ4n) is 2.47. The van der Waals surface area contributed by atoms with Gasteiger partial charge in [0.25, 0.3) is 10.0 Å². The summed E-state index contributed by atoms with van der Waals surface area (Å²) in [6, 6.07) is 15.1. The zero-order valence-corrected chi connectivity index (χ0v) is 17.0. The molecular weight excluding hydrogens is 422 g/mol. The second-order valence-electron chi connectivity index (χ2n) is 6.06. The third-order valence-electron chi connectivity index (χ3n) is 3.96. The van der Waals surface area contributed by atoms with Gasteiger partial charge in [-0.3, -0.25) is 4.72 Å². The number of aryl methyl sites for hydroxylation is 1. The molecule has 0 saturated heterocycles. The van der Waals surface area contributed by atoms with Crippen molar-refractivity contribution in [2.75, 3.05) is 4.72 Å². The van der Waals surface area contributed by atoms with Crippen molar-refractivity contribution in [2.24, 2.45) is 0 Å². The van der Waals surface area contributed by atoms with Crippen molar-refractivity contribution in [3.63, 3.8) is 0 Å². The predicted molar refractivity (Wildman–Crippen MR) is 107 cm³/mol. The maximum atomic E-state index is 12.8. The fraction of sp³-hybridized carbons (Fsp3) is 0.0526. The molecular formula is C19H16ClNO5S2. The molecule has 0 bridgehead atoms. The van der Waals surface area contributed by atoms with Gasteiger partial charge in [-0.15, -0.1) is 0 Å². The van der Waals surface area contributed by atoms with Gasteiger partial charge in [-0.2, -0.15) is 0 Å². The van der Waals surface area contributed by atoms with E-state index in [2.05, 4.69) is 4.72 Å². The topological polar surface area (TPSA) is 101 Å². The highest BCUT2D eigenvalue weighted by molar-refractivity contribution is 7.92. The summed E-state index contributed by atoms with van der Waals surface area (Å²) in [5, 5.41) is 10.4. The molecule has 0 atom stereocenters. The van der Waals surface area contributed by atoms with Crippen molar-refractivity contribution in [3.8, 4) is 5.75 Å². The zero-order chi connectivity index (χ0) is 20.5. The van der Waals surface area contributed by atoms with Crippen LogP contribution in [0.4, 0.5) is 5.69 Å². The zero-order valence-electron chi connectivity index (χ0n) is 14.6. The van der Waals surface area contributed by atoms with Crippen LogP contribution in [-0.2, 0) is 19.9 Å². The van der Waals surface area contributed by atoms with Crippen molar-refractivity contribution < 1.29 is 21.9 Å². The molecule has 28 heavy (non-hydrogen) atoms. The molecule has 0 fully saturated rings. The summed E-state index contributed by atoms with van der Waals surface area (Å²) >= 11 is 5.77. The molecule has 0 aliphatic carbocycles. The van der Waals surface area contributed by atoms with Crippen LogP contribution < -0.4 is 4.72 Å². The van der Waals surface area contributed by atoms with E-state index in [1.807, 2.05) is 6.92 Å². The Labute approximate surface area is 168 Å². The Morgan fingerprint density at radius 2 is 1.39 bits per heavy atom. The first-order valence-corrected chi connectivity index (χ1v) is 11.4. The molecule has 3 rings (SSSR count). The number of nitrogens with one attached hydrogen (secondary N) is 1. The maximum absolute atomic E-state index is 12.8. The van der Waals surface area contributed by atoms with Crippen molar-refractivity contribution in [2.45, 2.75) is 21.6 Å². The van der Waals surface area contributed by atoms with Crippen LogP contribution >= 0.6 is 11.6 Å². The lowest BCUT2D eigenvalue weighted by Gasteiger charge is -2.12. The summed E-state index contributed by atoms with van der Waals surface area (Å²) in [7, 11) is -8.00. The van der Waals surface area contributed by atoms with Crippen LogP contribution in [0.2, 0.25) is 5.02 Å². The number of sulfone groups is 1. The molecule has 3 aromatic carbocycles. The van der Waals surface area contributed by atoms with Gasteiger partial charge in [0.05, 0.1) is 15.5 Å². The van der Waals surface area contributed by atoms with E-state index in [1.165, 1.54) is 42.5 Å². The van der Waals surface area contributed by atoms with E-state index in [9.17, 15) is 21.9 Å². The number of halogens is 1. The fourth-order valence-corrected chi connectivity index (χ4v) is 5.01. The van der Waals surface area contributed by atoms with Crippen LogP contribution in [0.1, 0.15) is 5.56 Å². The largest absolute Gasteiger partial charge is 0.507 e. The molecule has 0 amide bonds. The van der Waals surface area contributed by atoms with Gasteiger partial charge >= 0.3 is 0 Å². The van der Waals surface area contributed by atoms with Crippen LogP contribution in [-0.4, -0.2) is 21.9 Å². The third-order valence-corrected chi connectivity index (χ3v) is 7.40. The minimum absolute atomic E-state index is 0.00145. The van der Waals surface area contributed by atoms with E-state index in [0.29, 0.717) is 5.02 Å². The number of anilines is 1. The van der Waals surface area contributed by atoms with E-state index in [1.54, 1.807) is 12.1 Å². The summed E-state index contributed by atoms with van der Waals surface area (Å²) in [4.78, 5) is -0.438. The Balaban J connectivity index is 2.00. The van der Waals surface area contributed by atoms with Gasteiger partial charge in [-0.25, -0.2) is 16.8 Å². The lowest BCUT2D eigenvalue weighted by Crippen LogP contribution is -2.13. The molecule has 0 aliphatic heterocycles. The minimum Gasteiger partial charge on any atom is -0.507 e. The molecule has 0 aliphatic rings. The van der Waals surface area contributed by atoms with Crippen LogP contribution in [0.15, 0.2) is 81.4 Å². The first-order chi connectivity index (χ1) is 13.1. The smallest absolute Gasteiger partial charge is 0.261 e. The molecule has 3 aromatic rings. The average molecular weight is 438 g/mol. The van der Waals surface area contributed by atoms with Crippen LogP contribution in [0.25, 0.3) is 0 Å². The minimum atomic E-state index is -4.04. The normalized spacial score (nSPS) is 11.9. The van der Waals surface area contributed by atoms with Gasteiger partial charge in [-0.05, 0) is 61.5 Å². The summed E-state index contributed by atoms with van der Waals surface area (Å²) in [5.74, 6) is -0.477. The number of phenolic OH excluding ortho intramolecular Hbond substituents is 1. The van der Waals surface area contributed by atoms with E-state index in [0.717, 1.165) is 17.7 Å². The number of sulfonamides is 1. The van der Waals surface area contributed by atoms with Gasteiger partial charge in [0.2, 0.25) is 9.84 Å². The van der Waals surface area contributed by atoms with Gasteiger partial charge in [0.15, 0.2) is 0 Å². The third kappa shape index (κ3) is 4.14. The highest BCUT2D eigenvalue weighted by Gasteiger charge is 2.23.